The summed E-state index contributed by atoms with van der Waals surface area (Å²) in [5, 5.41) is 0. The van der Waals surface area contributed by atoms with Crippen LogP contribution in [0.5, 0.6) is 0 Å². The van der Waals surface area contributed by atoms with Gasteiger partial charge in [0.2, 0.25) is 0 Å². The summed E-state index contributed by atoms with van der Waals surface area (Å²) >= 11 is 0.967. The van der Waals surface area contributed by atoms with Gasteiger partial charge in [-0.05, 0) is 0 Å². The molecule has 0 atom stereocenters. The van der Waals surface area contributed by atoms with E-state index < -0.39 is 16.1 Å². The molecule has 0 amide bonds. The van der Waals surface area contributed by atoms with Gasteiger partial charge in [0.25, 0.3) is 0 Å². The van der Waals surface area contributed by atoms with Gasteiger partial charge >= 0.3 is 80.5 Å². The molecular weight excluding hydrogens is 204 g/mol. The van der Waals surface area contributed by atoms with Gasteiger partial charge in [0.1, 0.15) is 0 Å². The van der Waals surface area contributed by atoms with Crippen molar-refractivity contribution in [2.24, 2.45) is 0 Å². The molecule has 0 aromatic rings. The predicted molar refractivity (Wildman–Crippen MR) is 56.3 cm³/mol. The van der Waals surface area contributed by atoms with E-state index in [4.69, 9.17) is 0 Å². The Morgan fingerprint density at radius 3 is 1.18 bits per heavy atom. The molecule has 0 aliphatic carbocycles. The molecule has 0 aromatic heterocycles. The maximum absolute atomic E-state index is 2.49. The monoisotopic (exact) mass is 226 g/mol. The second-order valence-corrected chi connectivity index (χ2v) is 19.8. The van der Waals surface area contributed by atoms with Crippen LogP contribution in [-0.4, -0.2) is 16.1 Å². The van der Waals surface area contributed by atoms with Crippen molar-refractivity contribution in [2.45, 2.75) is 49.1 Å². The van der Waals surface area contributed by atoms with Gasteiger partial charge in [-0.2, -0.15) is 0 Å². The summed E-state index contributed by atoms with van der Waals surface area (Å²) in [5.74, 6) is 0. The van der Waals surface area contributed by atoms with Gasteiger partial charge in [-0.1, -0.05) is 0 Å². The van der Waals surface area contributed by atoms with Gasteiger partial charge < -0.3 is 0 Å². The zero-order valence-corrected chi connectivity index (χ0v) is 12.1. The third-order valence-corrected chi connectivity index (χ3v) is 13.2. The van der Waals surface area contributed by atoms with Gasteiger partial charge in [-0.3, -0.25) is 0 Å². The van der Waals surface area contributed by atoms with Crippen LogP contribution in [0.2, 0.25) is 49.1 Å². The Kier molecular flexibility index (Phi) is 4.65. The van der Waals surface area contributed by atoms with E-state index in [2.05, 4.69) is 39.3 Å². The summed E-state index contributed by atoms with van der Waals surface area (Å²) in [6.07, 6.45) is 0. The molecule has 0 fully saturated rings. The molecule has 0 aliphatic heterocycles. The molecule has 0 nitrogen and oxygen atoms in total. The van der Waals surface area contributed by atoms with Crippen molar-refractivity contribution in [1.82, 2.24) is 0 Å². The van der Waals surface area contributed by atoms with Crippen LogP contribution in [0.1, 0.15) is 0 Å². The molecule has 11 heavy (non-hydrogen) atoms. The molecule has 0 N–H and O–H groups in total. The van der Waals surface area contributed by atoms with E-state index >= 15 is 0 Å². The van der Waals surface area contributed by atoms with E-state index in [9.17, 15) is 0 Å². The number of hydrogen-bond acceptors (Lipinski definition) is 0. The van der Waals surface area contributed by atoms with Gasteiger partial charge in [0.05, 0.1) is 0 Å². The number of rotatable bonds is 4. The summed E-state index contributed by atoms with van der Waals surface area (Å²) in [5.41, 5.74) is 0. The van der Waals surface area contributed by atoms with Crippen molar-refractivity contribution in [3.8, 4) is 0 Å². The van der Waals surface area contributed by atoms with Crippen molar-refractivity contribution < 1.29 is 15.2 Å². The first-order valence-electron chi connectivity index (χ1n) is 4.28. The Morgan fingerprint density at radius 2 is 1.00 bits per heavy atom. The Labute approximate surface area is 80.5 Å². The molecule has 0 saturated carbocycles. The summed E-state index contributed by atoms with van der Waals surface area (Å²) in [4.78, 5) is 3.18. The summed E-state index contributed by atoms with van der Waals surface area (Å²) in [6.45, 7) is 14.9. The van der Waals surface area contributed by atoms with E-state index in [-0.39, 0.29) is 0 Å². The van der Waals surface area contributed by atoms with Crippen molar-refractivity contribution in [2.75, 3.05) is 0 Å². The van der Waals surface area contributed by atoms with Crippen LogP contribution in [0.15, 0.2) is 0 Å². The Bertz CT molecular complexity index is 96.2. The third kappa shape index (κ3) is 11.0. The minimum atomic E-state index is -0.707. The van der Waals surface area contributed by atoms with Crippen LogP contribution in [-0.2, 0) is 15.2 Å². The Hall–Kier alpha value is 0.966. The minimum absolute atomic E-state index is 0.707. The zero-order valence-electron chi connectivity index (χ0n) is 8.82. The zero-order chi connectivity index (χ0) is 9.12. The van der Waals surface area contributed by atoms with Gasteiger partial charge in [-0.25, -0.2) is 0 Å². The Morgan fingerprint density at radius 1 is 0.727 bits per heavy atom. The molecule has 0 rings (SSSR count). The Balaban J connectivity index is 3.44. The van der Waals surface area contributed by atoms with Crippen molar-refractivity contribution in [3.63, 3.8) is 0 Å². The molecule has 68 valence electrons. The van der Waals surface area contributed by atoms with Crippen LogP contribution in [0, 0.1) is 0 Å². The molecule has 0 heterocycles. The fourth-order valence-corrected chi connectivity index (χ4v) is 9.47. The van der Waals surface area contributed by atoms with Crippen LogP contribution in [0.4, 0.5) is 0 Å². The molecule has 0 unspecified atom stereocenters. The van der Waals surface area contributed by atoms with E-state index in [1.54, 1.807) is 9.81 Å². The first-order chi connectivity index (χ1) is 4.71. The van der Waals surface area contributed by atoms with Crippen LogP contribution >= 0.6 is 0 Å². The van der Waals surface area contributed by atoms with Gasteiger partial charge in [-0.15, -0.1) is 0 Å². The normalized spacial score (nSPS) is 13.6. The van der Waals surface area contributed by atoms with E-state index in [0.29, 0.717) is 0 Å². The summed E-state index contributed by atoms with van der Waals surface area (Å²) in [6, 6.07) is 0. The molecular formula is C8H22CrSi2. The predicted octanol–water partition coefficient (Wildman–Crippen LogP) is 3.66. The SMILES string of the molecule is C[Si](C)(C)[CH2][Cr][CH2][Si](C)(C)C. The first-order valence-corrected chi connectivity index (χ1v) is 13.5. The standard InChI is InChI=1S/2C4H11Si.Cr/c2*1-5(2,3)4;/h2*1H2,2-4H3;. The number of hydrogen-bond donors (Lipinski definition) is 0. The molecule has 0 saturated heterocycles. The maximum atomic E-state index is 2.49. The van der Waals surface area contributed by atoms with E-state index in [1.165, 1.54) is 0 Å². The first kappa shape index (κ1) is 12.0. The fraction of sp³-hybridized carbons (Fsp3) is 1.00. The molecule has 3 heteroatoms. The van der Waals surface area contributed by atoms with Crippen molar-refractivity contribution in [1.29, 1.82) is 0 Å². The van der Waals surface area contributed by atoms with Crippen molar-refractivity contribution >= 4 is 16.1 Å². The third-order valence-electron chi connectivity index (χ3n) is 1.07. The summed E-state index contributed by atoms with van der Waals surface area (Å²) < 4.78 is 0. The fourth-order valence-electron chi connectivity index (χ4n) is 0.663. The van der Waals surface area contributed by atoms with Crippen LogP contribution in [0.25, 0.3) is 0 Å². The van der Waals surface area contributed by atoms with E-state index in [1.807, 2.05) is 0 Å². The van der Waals surface area contributed by atoms with Crippen LogP contribution in [0.3, 0.4) is 0 Å². The molecule has 0 aliphatic rings. The van der Waals surface area contributed by atoms with Crippen LogP contribution < -0.4 is 0 Å². The molecule has 0 aromatic carbocycles. The summed E-state index contributed by atoms with van der Waals surface area (Å²) in [7, 11) is -1.41. The second kappa shape index (κ2) is 4.27. The molecule has 0 bridgehead atoms. The quantitative estimate of drug-likeness (QED) is 0.642. The molecule has 0 radical (unpaired) electrons. The van der Waals surface area contributed by atoms with Gasteiger partial charge in [0, 0.05) is 0 Å². The van der Waals surface area contributed by atoms with E-state index in [0.717, 1.165) is 15.2 Å². The second-order valence-electron chi connectivity index (χ2n) is 5.61. The average Bonchev–Trinajstić information content (AvgIpc) is 1.55. The van der Waals surface area contributed by atoms with Crippen molar-refractivity contribution in [3.05, 3.63) is 0 Å². The van der Waals surface area contributed by atoms with Gasteiger partial charge in [0.15, 0.2) is 0 Å². The topological polar surface area (TPSA) is 0 Å². The average molecular weight is 226 g/mol. The molecule has 0 spiro atoms.